The molecule has 14 heavy (non-hydrogen) atoms. The first-order valence-corrected chi connectivity index (χ1v) is 4.97. The maximum Gasteiger partial charge on any atom is 0.336 e. The van der Waals surface area contributed by atoms with Crippen LogP contribution in [-0.2, 0) is 17.8 Å². The summed E-state index contributed by atoms with van der Waals surface area (Å²) in [5, 5.41) is 8.96. The Morgan fingerprint density at radius 3 is 3.14 bits per heavy atom. The van der Waals surface area contributed by atoms with Crippen molar-refractivity contribution in [2.45, 2.75) is 13.0 Å². The number of carboxylic acid groups (broad SMARTS) is 1. The number of pyridine rings is 1. The molecule has 2 rings (SSSR count). The van der Waals surface area contributed by atoms with Gasteiger partial charge in [0.15, 0.2) is 0 Å². The molecule has 0 fully saturated rings. The maximum absolute atomic E-state index is 10.9. The molecule has 74 valence electrons. The Hall–Kier alpha value is -0.940. The van der Waals surface area contributed by atoms with Gasteiger partial charge in [-0.15, -0.1) is 0 Å². The molecule has 0 atom stereocenters. The number of fused-ring (bicyclic) bond motifs is 1. The van der Waals surface area contributed by atoms with Crippen molar-refractivity contribution >= 4 is 21.9 Å². The van der Waals surface area contributed by atoms with Crippen LogP contribution in [0.25, 0.3) is 0 Å². The smallest absolute Gasteiger partial charge is 0.336 e. The molecular weight excluding hydrogens is 250 g/mol. The third kappa shape index (κ3) is 1.65. The van der Waals surface area contributed by atoms with Crippen LogP contribution in [0.1, 0.15) is 21.6 Å². The van der Waals surface area contributed by atoms with Crippen LogP contribution in [0.3, 0.4) is 0 Å². The number of halogens is 1. The van der Waals surface area contributed by atoms with Crippen LogP contribution in [0, 0.1) is 0 Å². The van der Waals surface area contributed by atoms with Crippen LogP contribution in [0.15, 0.2) is 10.7 Å². The molecule has 0 aromatic carbocycles. The average molecular weight is 258 g/mol. The average Bonchev–Trinajstić information content (AvgIpc) is 2.16. The number of hydrogen-bond acceptors (Lipinski definition) is 3. The molecule has 1 N–H and O–H groups in total. The van der Waals surface area contributed by atoms with E-state index in [9.17, 15) is 4.79 Å². The van der Waals surface area contributed by atoms with Crippen LogP contribution in [-0.4, -0.2) is 22.7 Å². The second-order valence-corrected chi connectivity index (χ2v) is 3.84. The van der Waals surface area contributed by atoms with E-state index in [1.165, 1.54) is 6.07 Å². The third-order valence-corrected chi connectivity index (χ3v) is 2.54. The third-order valence-electron chi connectivity index (χ3n) is 2.14. The zero-order valence-corrected chi connectivity index (χ0v) is 8.87. The quantitative estimate of drug-likeness (QED) is 0.777. The van der Waals surface area contributed by atoms with Gasteiger partial charge in [0.05, 0.1) is 24.5 Å². The van der Waals surface area contributed by atoms with Crippen molar-refractivity contribution in [2.75, 3.05) is 6.61 Å². The van der Waals surface area contributed by atoms with Crippen molar-refractivity contribution in [3.05, 3.63) is 27.5 Å². The molecule has 0 aliphatic carbocycles. The predicted octanol–water partition coefficient (Wildman–Crippen LogP) is 1.61. The highest BCUT2D eigenvalue weighted by Gasteiger charge is 2.19. The number of hydrogen-bond donors (Lipinski definition) is 1. The van der Waals surface area contributed by atoms with Crippen molar-refractivity contribution < 1.29 is 14.6 Å². The predicted molar refractivity (Wildman–Crippen MR) is 52.3 cm³/mol. The highest BCUT2D eigenvalue weighted by molar-refractivity contribution is 9.10. The number of nitrogens with zero attached hydrogens (tertiary/aromatic N) is 1. The van der Waals surface area contributed by atoms with Crippen LogP contribution in [0.2, 0.25) is 0 Å². The molecule has 0 radical (unpaired) electrons. The lowest BCUT2D eigenvalue weighted by Crippen LogP contribution is -2.16. The molecule has 0 unspecified atom stereocenters. The molecule has 0 amide bonds. The molecule has 1 aliphatic rings. The number of carboxylic acids is 1. The summed E-state index contributed by atoms with van der Waals surface area (Å²) in [5.74, 6) is -0.935. The topological polar surface area (TPSA) is 59.4 Å². The Morgan fingerprint density at radius 1 is 1.64 bits per heavy atom. The second kappa shape index (κ2) is 3.67. The molecule has 1 aliphatic heterocycles. The van der Waals surface area contributed by atoms with Gasteiger partial charge in [-0.1, -0.05) is 0 Å². The van der Waals surface area contributed by atoms with Gasteiger partial charge in [-0.3, -0.25) is 0 Å². The summed E-state index contributed by atoms with van der Waals surface area (Å²) < 4.78 is 5.77. The fourth-order valence-electron chi connectivity index (χ4n) is 1.49. The van der Waals surface area contributed by atoms with E-state index in [4.69, 9.17) is 9.84 Å². The summed E-state index contributed by atoms with van der Waals surface area (Å²) in [7, 11) is 0. The maximum atomic E-state index is 10.9. The van der Waals surface area contributed by atoms with E-state index >= 15 is 0 Å². The summed E-state index contributed by atoms with van der Waals surface area (Å²) in [5.41, 5.74) is 1.80. The van der Waals surface area contributed by atoms with Gasteiger partial charge in [0, 0.05) is 12.0 Å². The Labute approximate surface area is 89.0 Å². The second-order valence-electron chi connectivity index (χ2n) is 3.03. The van der Waals surface area contributed by atoms with Crippen molar-refractivity contribution in [2.24, 2.45) is 0 Å². The van der Waals surface area contributed by atoms with Gasteiger partial charge in [-0.2, -0.15) is 0 Å². The number of aromatic nitrogens is 1. The highest BCUT2D eigenvalue weighted by Crippen LogP contribution is 2.22. The van der Waals surface area contributed by atoms with Crippen LogP contribution in [0.5, 0.6) is 0 Å². The molecule has 0 saturated heterocycles. The van der Waals surface area contributed by atoms with E-state index in [-0.39, 0.29) is 5.56 Å². The molecule has 0 saturated carbocycles. The lowest BCUT2D eigenvalue weighted by molar-refractivity contribution is 0.0680. The molecule has 5 heteroatoms. The van der Waals surface area contributed by atoms with Crippen molar-refractivity contribution in [1.29, 1.82) is 0 Å². The zero-order valence-electron chi connectivity index (χ0n) is 7.29. The number of carbonyl (C=O) groups is 1. The molecule has 0 bridgehead atoms. The number of aromatic carboxylic acids is 1. The van der Waals surface area contributed by atoms with Gasteiger partial charge in [0.2, 0.25) is 0 Å². The standard InChI is InChI=1S/C9H8BrNO3/c10-8-3-5(9(12)13)6-4-14-2-1-7(6)11-8/h3H,1-2,4H2,(H,12,13). The van der Waals surface area contributed by atoms with E-state index in [0.29, 0.717) is 29.8 Å². The molecule has 2 heterocycles. The normalized spacial score (nSPS) is 14.9. The minimum atomic E-state index is -0.935. The molecule has 1 aromatic rings. The lowest BCUT2D eigenvalue weighted by atomic mass is 10.0. The molecule has 1 aromatic heterocycles. The van der Waals surface area contributed by atoms with Gasteiger partial charge in [-0.05, 0) is 22.0 Å². The first-order valence-electron chi connectivity index (χ1n) is 4.18. The summed E-state index contributed by atoms with van der Waals surface area (Å²) in [4.78, 5) is 15.2. The Bertz CT molecular complexity index is 392. The Morgan fingerprint density at radius 2 is 2.43 bits per heavy atom. The molecular formula is C9H8BrNO3. The SMILES string of the molecule is O=C(O)c1cc(Br)nc2c1COCC2. The fraction of sp³-hybridized carbons (Fsp3) is 0.333. The van der Waals surface area contributed by atoms with Crippen molar-refractivity contribution in [3.63, 3.8) is 0 Å². The number of rotatable bonds is 1. The van der Waals surface area contributed by atoms with Gasteiger partial charge in [0.1, 0.15) is 4.60 Å². The summed E-state index contributed by atoms with van der Waals surface area (Å²) in [6.45, 7) is 0.951. The van der Waals surface area contributed by atoms with Crippen molar-refractivity contribution in [1.82, 2.24) is 4.98 Å². The molecule has 4 nitrogen and oxygen atoms in total. The van der Waals surface area contributed by atoms with Crippen molar-refractivity contribution in [3.8, 4) is 0 Å². The first kappa shape index (κ1) is 9.61. The van der Waals surface area contributed by atoms with Gasteiger partial charge in [-0.25, -0.2) is 9.78 Å². The number of ether oxygens (including phenoxy) is 1. The van der Waals surface area contributed by atoms with E-state index < -0.39 is 5.97 Å². The highest BCUT2D eigenvalue weighted by atomic mass is 79.9. The van der Waals surface area contributed by atoms with Crippen LogP contribution < -0.4 is 0 Å². The minimum Gasteiger partial charge on any atom is -0.478 e. The van der Waals surface area contributed by atoms with Gasteiger partial charge in [0.25, 0.3) is 0 Å². The van der Waals surface area contributed by atoms with Gasteiger partial charge < -0.3 is 9.84 Å². The Balaban J connectivity index is 2.58. The lowest BCUT2D eigenvalue weighted by Gasteiger charge is -2.17. The largest absolute Gasteiger partial charge is 0.478 e. The van der Waals surface area contributed by atoms with E-state index in [0.717, 1.165) is 5.69 Å². The summed E-state index contributed by atoms with van der Waals surface area (Å²) >= 11 is 3.19. The van der Waals surface area contributed by atoms with Gasteiger partial charge >= 0.3 is 5.97 Å². The molecule has 0 spiro atoms. The monoisotopic (exact) mass is 257 g/mol. The zero-order chi connectivity index (χ0) is 10.1. The van der Waals surface area contributed by atoms with E-state index in [1.54, 1.807) is 0 Å². The fourth-order valence-corrected chi connectivity index (χ4v) is 1.94. The first-order chi connectivity index (χ1) is 6.68. The Kier molecular flexibility index (Phi) is 2.52. The summed E-state index contributed by atoms with van der Waals surface area (Å²) in [6.07, 6.45) is 0.676. The summed E-state index contributed by atoms with van der Waals surface area (Å²) in [6, 6.07) is 1.51. The minimum absolute atomic E-state index is 0.279. The van der Waals surface area contributed by atoms with E-state index in [2.05, 4.69) is 20.9 Å². The van der Waals surface area contributed by atoms with Crippen LogP contribution >= 0.6 is 15.9 Å². The van der Waals surface area contributed by atoms with Crippen LogP contribution in [0.4, 0.5) is 0 Å². The van der Waals surface area contributed by atoms with E-state index in [1.807, 2.05) is 0 Å².